The molecule has 2 saturated carbocycles. The van der Waals surface area contributed by atoms with E-state index in [9.17, 15) is 4.79 Å². The van der Waals surface area contributed by atoms with Gasteiger partial charge in [0.2, 0.25) is 5.91 Å². The van der Waals surface area contributed by atoms with Crippen molar-refractivity contribution in [2.75, 3.05) is 5.32 Å². The van der Waals surface area contributed by atoms with Gasteiger partial charge in [-0.3, -0.25) is 4.79 Å². The molecule has 1 amide bonds. The van der Waals surface area contributed by atoms with Crippen molar-refractivity contribution < 1.29 is 4.79 Å². The summed E-state index contributed by atoms with van der Waals surface area (Å²) in [5.41, 5.74) is 3.07. The molecule has 2 heterocycles. The standard InChI is InChI=1S/C22H28N4O/c1-14-6-8-17(21-25-24-20-5-3-2-4-10-26(20)21)13-19(14)23-22(27)18-12-15-7-9-16(18)11-15/h6,8,13,15-16,18H,2-5,7,9-12H2,1H3,(H,23,27). The first-order valence-corrected chi connectivity index (χ1v) is 10.5. The Morgan fingerprint density at radius 1 is 1.15 bits per heavy atom. The number of anilines is 1. The van der Waals surface area contributed by atoms with E-state index < -0.39 is 0 Å². The van der Waals surface area contributed by atoms with Crippen molar-refractivity contribution in [3.63, 3.8) is 0 Å². The summed E-state index contributed by atoms with van der Waals surface area (Å²) in [7, 11) is 0. The Hall–Kier alpha value is -2.17. The van der Waals surface area contributed by atoms with Crippen molar-refractivity contribution in [1.29, 1.82) is 0 Å². The predicted molar refractivity (Wildman–Crippen MR) is 105 cm³/mol. The molecule has 1 aromatic heterocycles. The van der Waals surface area contributed by atoms with Gasteiger partial charge in [-0.15, -0.1) is 10.2 Å². The Bertz CT molecular complexity index is 871. The fourth-order valence-electron chi connectivity index (χ4n) is 5.39. The van der Waals surface area contributed by atoms with E-state index in [1.54, 1.807) is 0 Å². The Labute approximate surface area is 160 Å². The van der Waals surface area contributed by atoms with Gasteiger partial charge in [-0.1, -0.05) is 25.0 Å². The Kier molecular flexibility index (Phi) is 4.25. The number of hydrogen-bond donors (Lipinski definition) is 1. The molecule has 2 bridgehead atoms. The number of rotatable bonds is 3. The first kappa shape index (κ1) is 17.0. The first-order valence-electron chi connectivity index (χ1n) is 10.5. The molecule has 2 aliphatic carbocycles. The molecule has 0 radical (unpaired) electrons. The van der Waals surface area contributed by atoms with Crippen LogP contribution in [0.15, 0.2) is 18.2 Å². The molecule has 5 heteroatoms. The predicted octanol–water partition coefficient (Wildman–Crippen LogP) is 4.35. The van der Waals surface area contributed by atoms with E-state index in [-0.39, 0.29) is 11.8 Å². The highest BCUT2D eigenvalue weighted by molar-refractivity contribution is 5.94. The van der Waals surface area contributed by atoms with Gasteiger partial charge in [-0.25, -0.2) is 0 Å². The summed E-state index contributed by atoms with van der Waals surface area (Å²) in [6.07, 6.45) is 9.51. The third kappa shape index (κ3) is 3.07. The SMILES string of the molecule is Cc1ccc(-c2nnc3n2CCCCC3)cc1NC(=O)C1CC2CCC1C2. The van der Waals surface area contributed by atoms with E-state index in [1.165, 1.54) is 38.5 Å². The molecule has 1 aliphatic heterocycles. The maximum Gasteiger partial charge on any atom is 0.227 e. The summed E-state index contributed by atoms with van der Waals surface area (Å²) < 4.78 is 2.26. The molecular formula is C22H28N4O. The number of fused-ring (bicyclic) bond motifs is 3. The maximum absolute atomic E-state index is 12.9. The molecule has 1 aromatic carbocycles. The van der Waals surface area contributed by atoms with Crippen LogP contribution in [0.4, 0.5) is 5.69 Å². The fraction of sp³-hybridized carbons (Fsp3) is 0.591. The lowest BCUT2D eigenvalue weighted by Gasteiger charge is -2.21. The van der Waals surface area contributed by atoms with Gasteiger partial charge in [-0.05, 0) is 62.5 Å². The van der Waals surface area contributed by atoms with Crippen LogP contribution in [0.25, 0.3) is 11.4 Å². The minimum atomic E-state index is 0.205. The zero-order valence-corrected chi connectivity index (χ0v) is 16.1. The van der Waals surface area contributed by atoms with Gasteiger partial charge in [0, 0.05) is 30.1 Å². The van der Waals surface area contributed by atoms with Crippen LogP contribution in [0, 0.1) is 24.7 Å². The summed E-state index contributed by atoms with van der Waals surface area (Å²) in [5, 5.41) is 12.1. The van der Waals surface area contributed by atoms with E-state index in [1.807, 2.05) is 0 Å². The molecule has 0 saturated heterocycles. The van der Waals surface area contributed by atoms with Crippen molar-refractivity contribution in [3.8, 4) is 11.4 Å². The second-order valence-corrected chi connectivity index (χ2v) is 8.70. The second kappa shape index (κ2) is 6.77. The van der Waals surface area contributed by atoms with E-state index in [0.717, 1.165) is 53.8 Å². The monoisotopic (exact) mass is 364 g/mol. The van der Waals surface area contributed by atoms with Gasteiger partial charge in [0.1, 0.15) is 5.82 Å². The second-order valence-electron chi connectivity index (χ2n) is 8.70. The van der Waals surface area contributed by atoms with Crippen LogP contribution >= 0.6 is 0 Å². The van der Waals surface area contributed by atoms with Gasteiger partial charge in [0.15, 0.2) is 5.82 Å². The quantitative estimate of drug-likeness (QED) is 0.880. The zero-order valence-electron chi connectivity index (χ0n) is 16.1. The van der Waals surface area contributed by atoms with Crippen molar-refractivity contribution in [3.05, 3.63) is 29.6 Å². The van der Waals surface area contributed by atoms with Crippen molar-refractivity contribution in [2.45, 2.75) is 64.8 Å². The van der Waals surface area contributed by atoms with Crippen LogP contribution in [-0.2, 0) is 17.8 Å². The van der Waals surface area contributed by atoms with Crippen LogP contribution in [0.3, 0.4) is 0 Å². The molecule has 1 N–H and O–H groups in total. The average Bonchev–Trinajstić information content (AvgIpc) is 3.36. The number of aromatic nitrogens is 3. The highest BCUT2D eigenvalue weighted by atomic mass is 16.1. The number of benzene rings is 1. The highest BCUT2D eigenvalue weighted by Gasteiger charge is 2.43. The number of amides is 1. The third-order valence-electron chi connectivity index (χ3n) is 6.94. The summed E-state index contributed by atoms with van der Waals surface area (Å²) in [6.45, 7) is 3.04. The Morgan fingerprint density at radius 2 is 2.07 bits per heavy atom. The van der Waals surface area contributed by atoms with Gasteiger partial charge >= 0.3 is 0 Å². The molecule has 2 fully saturated rings. The number of nitrogens with zero attached hydrogens (tertiary/aromatic N) is 3. The topological polar surface area (TPSA) is 59.8 Å². The molecule has 27 heavy (non-hydrogen) atoms. The first-order chi connectivity index (χ1) is 13.2. The van der Waals surface area contributed by atoms with Crippen molar-refractivity contribution in [2.24, 2.45) is 17.8 Å². The fourth-order valence-corrected chi connectivity index (χ4v) is 5.39. The molecule has 3 atom stereocenters. The van der Waals surface area contributed by atoms with Crippen LogP contribution in [0.1, 0.15) is 56.3 Å². The normalized spacial score (nSPS) is 26.6. The van der Waals surface area contributed by atoms with E-state index >= 15 is 0 Å². The number of carbonyl (C=O) groups excluding carboxylic acids is 1. The van der Waals surface area contributed by atoms with E-state index in [0.29, 0.717) is 5.92 Å². The maximum atomic E-state index is 12.9. The van der Waals surface area contributed by atoms with Gasteiger partial charge in [0.05, 0.1) is 0 Å². The summed E-state index contributed by atoms with van der Waals surface area (Å²) in [5.74, 6) is 3.83. The molecule has 5 nitrogen and oxygen atoms in total. The van der Waals surface area contributed by atoms with Gasteiger partial charge in [0.25, 0.3) is 0 Å². The molecule has 3 unspecified atom stereocenters. The summed E-state index contributed by atoms with van der Waals surface area (Å²) in [4.78, 5) is 12.9. The van der Waals surface area contributed by atoms with Gasteiger partial charge in [-0.2, -0.15) is 0 Å². The molecule has 5 rings (SSSR count). The lowest BCUT2D eigenvalue weighted by Crippen LogP contribution is -2.27. The van der Waals surface area contributed by atoms with E-state index in [2.05, 4.69) is 45.2 Å². The summed E-state index contributed by atoms with van der Waals surface area (Å²) in [6, 6.07) is 6.28. The number of aryl methyl sites for hydroxylation is 2. The molecule has 2 aromatic rings. The largest absolute Gasteiger partial charge is 0.326 e. The minimum absolute atomic E-state index is 0.205. The van der Waals surface area contributed by atoms with Gasteiger partial charge < -0.3 is 9.88 Å². The molecule has 0 spiro atoms. The smallest absolute Gasteiger partial charge is 0.227 e. The number of hydrogen-bond acceptors (Lipinski definition) is 3. The average molecular weight is 364 g/mol. The zero-order chi connectivity index (χ0) is 18.4. The number of carbonyl (C=O) groups is 1. The van der Waals surface area contributed by atoms with Crippen LogP contribution in [-0.4, -0.2) is 20.7 Å². The summed E-state index contributed by atoms with van der Waals surface area (Å²) >= 11 is 0. The third-order valence-corrected chi connectivity index (χ3v) is 6.94. The molecule has 3 aliphatic rings. The lowest BCUT2D eigenvalue weighted by atomic mass is 9.88. The lowest BCUT2D eigenvalue weighted by molar-refractivity contribution is -0.121. The molecule has 142 valence electrons. The van der Waals surface area contributed by atoms with Crippen LogP contribution < -0.4 is 5.32 Å². The Morgan fingerprint density at radius 3 is 2.89 bits per heavy atom. The Balaban J connectivity index is 1.40. The highest BCUT2D eigenvalue weighted by Crippen LogP contribution is 2.48. The van der Waals surface area contributed by atoms with Crippen molar-refractivity contribution >= 4 is 11.6 Å². The minimum Gasteiger partial charge on any atom is -0.326 e. The number of nitrogens with one attached hydrogen (secondary N) is 1. The van der Waals surface area contributed by atoms with Crippen LogP contribution in [0.5, 0.6) is 0 Å². The van der Waals surface area contributed by atoms with E-state index in [4.69, 9.17) is 0 Å². The molecular weight excluding hydrogens is 336 g/mol. The van der Waals surface area contributed by atoms with Crippen LogP contribution in [0.2, 0.25) is 0 Å². The van der Waals surface area contributed by atoms with Crippen molar-refractivity contribution in [1.82, 2.24) is 14.8 Å².